The van der Waals surface area contributed by atoms with Gasteiger partial charge >= 0.3 is 0 Å². The summed E-state index contributed by atoms with van der Waals surface area (Å²) in [6.07, 6.45) is 1.55. The van der Waals surface area contributed by atoms with Crippen molar-refractivity contribution < 1.29 is 14.9 Å². The normalized spacial score (nSPS) is 28.7. The molecule has 2 aromatic rings. The molecule has 0 aromatic carbocycles. The number of hydrogen-bond acceptors (Lipinski definition) is 7. The van der Waals surface area contributed by atoms with Gasteiger partial charge < -0.3 is 25.3 Å². The van der Waals surface area contributed by atoms with E-state index in [1.54, 1.807) is 10.9 Å². The van der Waals surface area contributed by atoms with E-state index < -0.39 is 12.4 Å². The molecule has 3 unspecified atom stereocenters. The van der Waals surface area contributed by atoms with E-state index >= 15 is 0 Å². The van der Waals surface area contributed by atoms with E-state index in [4.69, 9.17) is 10.5 Å². The van der Waals surface area contributed by atoms with Crippen molar-refractivity contribution in [2.45, 2.75) is 24.9 Å². The van der Waals surface area contributed by atoms with E-state index in [0.29, 0.717) is 17.0 Å². The zero-order chi connectivity index (χ0) is 12.7. The van der Waals surface area contributed by atoms with Crippen molar-refractivity contribution in [1.29, 1.82) is 0 Å². The number of aliphatic hydroxyl groups excluding tert-OH is 2. The Hall–Kier alpha value is -1.77. The summed E-state index contributed by atoms with van der Waals surface area (Å²) in [6.45, 7) is 0.0755. The number of nitrogens with two attached hydrogens (primary N) is 1. The molecule has 1 aliphatic heterocycles. The second-order valence-corrected chi connectivity index (χ2v) is 4.24. The molecule has 1 fully saturated rings. The van der Waals surface area contributed by atoms with Crippen LogP contribution in [0, 0.1) is 0 Å². The summed E-state index contributed by atoms with van der Waals surface area (Å²) < 4.78 is 6.67. The maximum absolute atomic E-state index is 9.93. The summed E-state index contributed by atoms with van der Waals surface area (Å²) in [4.78, 5) is 12.1. The molecule has 2 aromatic heterocycles. The van der Waals surface area contributed by atoms with Gasteiger partial charge in [0.2, 0.25) is 0 Å². The highest BCUT2D eigenvalue weighted by atomic mass is 16.6. The third-order valence-electron chi connectivity index (χ3n) is 3.09. The molecular formula is C10H13N5O3. The van der Waals surface area contributed by atoms with Crippen LogP contribution in [0.15, 0.2) is 12.7 Å². The SMILES string of the molecule is Nc1ncnc2c1ncn2C1CC(O)OCC1O. The van der Waals surface area contributed by atoms with E-state index in [0.717, 1.165) is 0 Å². The molecule has 0 aliphatic carbocycles. The van der Waals surface area contributed by atoms with Gasteiger partial charge in [0, 0.05) is 6.42 Å². The summed E-state index contributed by atoms with van der Waals surface area (Å²) >= 11 is 0. The molecule has 1 saturated heterocycles. The first-order valence-corrected chi connectivity index (χ1v) is 5.57. The standard InChI is InChI=1S/C10H13N5O3/c11-9-8-10(13-3-12-9)15(4-14-8)5-1-7(17)18-2-6(5)16/h3-7,16-17H,1-2H2,(H2,11,12,13). The Morgan fingerprint density at radius 2 is 2.17 bits per heavy atom. The van der Waals surface area contributed by atoms with Crippen LogP contribution in [0.5, 0.6) is 0 Å². The number of nitrogen functional groups attached to an aromatic ring is 1. The predicted molar refractivity (Wildman–Crippen MR) is 61.4 cm³/mol. The number of aliphatic hydroxyl groups is 2. The first kappa shape index (κ1) is 11.3. The summed E-state index contributed by atoms with van der Waals surface area (Å²) in [5, 5.41) is 19.4. The van der Waals surface area contributed by atoms with Gasteiger partial charge in [0.05, 0.1) is 25.1 Å². The Bertz CT molecular complexity index is 572. The minimum atomic E-state index is -0.893. The Morgan fingerprint density at radius 1 is 1.33 bits per heavy atom. The first-order valence-electron chi connectivity index (χ1n) is 5.57. The van der Waals surface area contributed by atoms with Gasteiger partial charge in [-0.05, 0) is 0 Å². The number of nitrogens with zero attached hydrogens (tertiary/aromatic N) is 4. The number of rotatable bonds is 1. The van der Waals surface area contributed by atoms with Gasteiger partial charge in [-0.15, -0.1) is 0 Å². The van der Waals surface area contributed by atoms with Crippen LogP contribution < -0.4 is 5.73 Å². The lowest BCUT2D eigenvalue weighted by molar-refractivity contribution is -0.172. The average molecular weight is 251 g/mol. The highest BCUT2D eigenvalue weighted by Crippen LogP contribution is 2.28. The van der Waals surface area contributed by atoms with Crippen LogP contribution >= 0.6 is 0 Å². The minimum Gasteiger partial charge on any atom is -0.389 e. The highest BCUT2D eigenvalue weighted by Gasteiger charge is 2.31. The Kier molecular flexibility index (Phi) is 2.62. The fourth-order valence-electron chi connectivity index (χ4n) is 2.16. The second kappa shape index (κ2) is 4.16. The smallest absolute Gasteiger partial charge is 0.165 e. The summed E-state index contributed by atoms with van der Waals surface area (Å²) in [5.41, 5.74) is 6.73. The monoisotopic (exact) mass is 251 g/mol. The number of fused-ring (bicyclic) bond motifs is 1. The van der Waals surface area contributed by atoms with E-state index in [2.05, 4.69) is 15.0 Å². The van der Waals surface area contributed by atoms with Crippen LogP contribution in [-0.2, 0) is 4.74 Å². The highest BCUT2D eigenvalue weighted by molar-refractivity contribution is 5.81. The lowest BCUT2D eigenvalue weighted by Gasteiger charge is -2.31. The van der Waals surface area contributed by atoms with Gasteiger partial charge in [-0.3, -0.25) is 0 Å². The van der Waals surface area contributed by atoms with Crippen LogP contribution in [0.25, 0.3) is 11.2 Å². The molecular weight excluding hydrogens is 238 g/mol. The summed E-state index contributed by atoms with van der Waals surface area (Å²) in [5.74, 6) is 0.292. The zero-order valence-electron chi connectivity index (χ0n) is 9.47. The van der Waals surface area contributed by atoms with E-state index in [-0.39, 0.29) is 19.1 Å². The number of hydrogen-bond donors (Lipinski definition) is 3. The molecule has 18 heavy (non-hydrogen) atoms. The molecule has 0 amide bonds. The van der Waals surface area contributed by atoms with Gasteiger partial charge in [0.1, 0.15) is 11.8 Å². The fourth-order valence-corrected chi connectivity index (χ4v) is 2.16. The molecule has 0 spiro atoms. The molecule has 0 bridgehead atoms. The Balaban J connectivity index is 2.06. The van der Waals surface area contributed by atoms with Gasteiger partial charge in [-0.25, -0.2) is 15.0 Å². The maximum atomic E-state index is 9.93. The Morgan fingerprint density at radius 3 is 3.00 bits per heavy atom. The third kappa shape index (κ3) is 1.70. The van der Waals surface area contributed by atoms with Gasteiger partial charge in [0.15, 0.2) is 17.8 Å². The molecule has 8 nitrogen and oxygen atoms in total. The minimum absolute atomic E-state index is 0.0755. The van der Waals surface area contributed by atoms with Crippen molar-refractivity contribution >= 4 is 17.0 Å². The van der Waals surface area contributed by atoms with Crippen LogP contribution in [0.1, 0.15) is 12.5 Å². The lowest BCUT2D eigenvalue weighted by atomic mass is 10.1. The maximum Gasteiger partial charge on any atom is 0.165 e. The summed E-state index contributed by atoms with van der Waals surface area (Å²) in [6, 6.07) is -0.340. The van der Waals surface area contributed by atoms with E-state index in [9.17, 15) is 10.2 Å². The van der Waals surface area contributed by atoms with Gasteiger partial charge in [-0.1, -0.05) is 0 Å². The van der Waals surface area contributed by atoms with Crippen LogP contribution in [0.2, 0.25) is 0 Å². The van der Waals surface area contributed by atoms with E-state index in [1.165, 1.54) is 6.33 Å². The van der Waals surface area contributed by atoms with Crippen LogP contribution in [0.4, 0.5) is 5.82 Å². The van der Waals surface area contributed by atoms with E-state index in [1.807, 2.05) is 0 Å². The number of ether oxygens (including phenoxy) is 1. The molecule has 3 rings (SSSR count). The number of aromatic nitrogens is 4. The van der Waals surface area contributed by atoms with Crippen molar-refractivity contribution in [2.75, 3.05) is 12.3 Å². The van der Waals surface area contributed by atoms with Crippen LogP contribution in [-0.4, -0.2) is 48.7 Å². The average Bonchev–Trinajstić information content (AvgIpc) is 2.77. The number of anilines is 1. The quantitative estimate of drug-likeness (QED) is 0.597. The topological polar surface area (TPSA) is 119 Å². The fraction of sp³-hybridized carbons (Fsp3) is 0.500. The van der Waals surface area contributed by atoms with Crippen molar-refractivity contribution in [3.05, 3.63) is 12.7 Å². The van der Waals surface area contributed by atoms with Crippen LogP contribution in [0.3, 0.4) is 0 Å². The molecule has 4 N–H and O–H groups in total. The molecule has 3 atom stereocenters. The van der Waals surface area contributed by atoms with Crippen molar-refractivity contribution in [1.82, 2.24) is 19.5 Å². The largest absolute Gasteiger partial charge is 0.389 e. The second-order valence-electron chi connectivity index (χ2n) is 4.24. The van der Waals surface area contributed by atoms with Crippen molar-refractivity contribution in [2.24, 2.45) is 0 Å². The molecule has 0 saturated carbocycles. The predicted octanol–water partition coefficient (Wildman–Crippen LogP) is -0.951. The van der Waals surface area contributed by atoms with Gasteiger partial charge in [0.25, 0.3) is 0 Å². The summed E-state index contributed by atoms with van der Waals surface area (Å²) in [7, 11) is 0. The third-order valence-corrected chi connectivity index (χ3v) is 3.09. The first-order chi connectivity index (χ1) is 8.66. The van der Waals surface area contributed by atoms with Crippen molar-refractivity contribution in [3.63, 3.8) is 0 Å². The molecule has 3 heterocycles. The number of imidazole rings is 1. The molecule has 96 valence electrons. The lowest BCUT2D eigenvalue weighted by Crippen LogP contribution is -2.38. The van der Waals surface area contributed by atoms with Crippen molar-refractivity contribution in [3.8, 4) is 0 Å². The van der Waals surface area contributed by atoms with Gasteiger partial charge in [-0.2, -0.15) is 0 Å². The molecule has 1 aliphatic rings. The molecule has 8 heteroatoms. The Labute approximate surface area is 102 Å². The zero-order valence-corrected chi connectivity index (χ0v) is 9.47. The molecule has 0 radical (unpaired) electrons.